The van der Waals surface area contributed by atoms with Crippen molar-refractivity contribution in [2.24, 2.45) is 0 Å². The lowest BCUT2D eigenvalue weighted by atomic mass is 10.1. The zero-order chi connectivity index (χ0) is 18.4. The zero-order valence-corrected chi connectivity index (χ0v) is 14.0. The monoisotopic (exact) mass is 355 g/mol. The molecular weight excluding hydrogens is 335 g/mol. The summed E-state index contributed by atoms with van der Waals surface area (Å²) in [5.74, 6) is -0.623. The molecule has 0 unspecified atom stereocenters. The molecular formula is C17H20F3N3O2. The molecule has 0 aliphatic heterocycles. The van der Waals surface area contributed by atoms with Crippen LogP contribution >= 0.6 is 0 Å². The maximum absolute atomic E-state index is 13.1. The maximum atomic E-state index is 13.1. The van der Waals surface area contributed by atoms with Gasteiger partial charge in [0.25, 0.3) is 0 Å². The smallest absolute Gasteiger partial charge is 0.354 e. The molecule has 0 aliphatic rings. The molecule has 1 heterocycles. The van der Waals surface area contributed by atoms with Crippen LogP contribution in [-0.4, -0.2) is 28.5 Å². The van der Waals surface area contributed by atoms with Crippen molar-refractivity contribution in [2.45, 2.75) is 38.7 Å². The van der Waals surface area contributed by atoms with Gasteiger partial charge in [0.2, 0.25) is 5.91 Å². The normalized spacial score (nSPS) is 13.0. The first-order valence-electron chi connectivity index (χ1n) is 7.80. The standard InChI is InChI=1S/C17H20F3N3O2/c1-12(2)23-10-13(9-22-23)8-21-15(24)11-25-16(17(18,19)20)14-6-4-3-5-7-14/h3-7,9-10,12,16H,8,11H2,1-2H3,(H,21,24)/t16-/m1/s1. The van der Waals surface area contributed by atoms with Crippen molar-refractivity contribution in [3.63, 3.8) is 0 Å². The molecule has 5 nitrogen and oxygen atoms in total. The van der Waals surface area contributed by atoms with Gasteiger partial charge in [-0.25, -0.2) is 0 Å². The highest BCUT2D eigenvalue weighted by Crippen LogP contribution is 2.35. The van der Waals surface area contributed by atoms with E-state index in [1.54, 1.807) is 23.1 Å². The van der Waals surface area contributed by atoms with Crippen LogP contribution in [0.3, 0.4) is 0 Å². The fourth-order valence-electron chi connectivity index (χ4n) is 2.17. The number of hydrogen-bond acceptors (Lipinski definition) is 3. The number of aromatic nitrogens is 2. The van der Waals surface area contributed by atoms with E-state index in [9.17, 15) is 18.0 Å². The van der Waals surface area contributed by atoms with E-state index in [1.807, 2.05) is 13.8 Å². The minimum Gasteiger partial charge on any atom is -0.354 e. The summed E-state index contributed by atoms with van der Waals surface area (Å²) >= 11 is 0. The van der Waals surface area contributed by atoms with Gasteiger partial charge in [-0.05, 0) is 19.4 Å². The third-order valence-electron chi connectivity index (χ3n) is 3.45. The third kappa shape index (κ3) is 5.60. The van der Waals surface area contributed by atoms with Gasteiger partial charge in [-0.15, -0.1) is 0 Å². The number of ether oxygens (including phenoxy) is 1. The minimum absolute atomic E-state index is 0.0407. The maximum Gasteiger partial charge on any atom is 0.418 e. The predicted molar refractivity (Wildman–Crippen MR) is 85.6 cm³/mol. The van der Waals surface area contributed by atoms with Crippen LogP contribution in [0.1, 0.15) is 37.1 Å². The Morgan fingerprint density at radius 3 is 2.52 bits per heavy atom. The Balaban J connectivity index is 1.88. The van der Waals surface area contributed by atoms with Crippen LogP contribution in [0, 0.1) is 0 Å². The third-order valence-corrected chi connectivity index (χ3v) is 3.45. The zero-order valence-electron chi connectivity index (χ0n) is 14.0. The molecule has 1 atom stereocenters. The average Bonchev–Trinajstić information content (AvgIpc) is 3.02. The average molecular weight is 355 g/mol. The van der Waals surface area contributed by atoms with Gasteiger partial charge < -0.3 is 10.1 Å². The molecule has 8 heteroatoms. The highest BCUT2D eigenvalue weighted by atomic mass is 19.4. The molecule has 0 fully saturated rings. The number of nitrogens with one attached hydrogen (secondary N) is 1. The van der Waals surface area contributed by atoms with Gasteiger partial charge >= 0.3 is 6.18 Å². The Bertz CT molecular complexity index is 684. The van der Waals surface area contributed by atoms with Crippen LogP contribution in [0.2, 0.25) is 0 Å². The highest BCUT2D eigenvalue weighted by molar-refractivity contribution is 5.77. The van der Waals surface area contributed by atoms with Gasteiger partial charge in [-0.1, -0.05) is 30.3 Å². The Hall–Kier alpha value is -2.35. The molecule has 0 radical (unpaired) electrons. The van der Waals surface area contributed by atoms with E-state index >= 15 is 0 Å². The van der Waals surface area contributed by atoms with Crippen molar-refractivity contribution in [3.05, 3.63) is 53.9 Å². The summed E-state index contributed by atoms with van der Waals surface area (Å²) in [4.78, 5) is 11.8. The van der Waals surface area contributed by atoms with Crippen molar-refractivity contribution >= 4 is 5.91 Å². The lowest BCUT2D eigenvalue weighted by Crippen LogP contribution is -2.31. The molecule has 0 saturated heterocycles. The van der Waals surface area contributed by atoms with E-state index in [1.165, 1.54) is 24.3 Å². The van der Waals surface area contributed by atoms with Gasteiger partial charge in [0.1, 0.15) is 6.61 Å². The molecule has 1 aromatic carbocycles. The van der Waals surface area contributed by atoms with Crippen molar-refractivity contribution in [3.8, 4) is 0 Å². The molecule has 25 heavy (non-hydrogen) atoms. The van der Waals surface area contributed by atoms with Crippen molar-refractivity contribution in [2.75, 3.05) is 6.61 Å². The predicted octanol–water partition coefficient (Wildman–Crippen LogP) is 3.40. The summed E-state index contributed by atoms with van der Waals surface area (Å²) in [6.07, 6.45) is -3.36. The summed E-state index contributed by atoms with van der Waals surface area (Å²) in [7, 11) is 0. The number of halogens is 3. The second-order valence-electron chi connectivity index (χ2n) is 5.84. The molecule has 1 amide bonds. The number of benzene rings is 1. The lowest BCUT2D eigenvalue weighted by Gasteiger charge is -2.21. The summed E-state index contributed by atoms with van der Waals surface area (Å²) in [6, 6.07) is 7.41. The number of carbonyl (C=O) groups is 1. The fourth-order valence-corrected chi connectivity index (χ4v) is 2.17. The lowest BCUT2D eigenvalue weighted by molar-refractivity contribution is -0.223. The van der Waals surface area contributed by atoms with Gasteiger partial charge in [0, 0.05) is 24.3 Å². The Morgan fingerprint density at radius 2 is 1.96 bits per heavy atom. The number of rotatable bonds is 7. The molecule has 0 aliphatic carbocycles. The first kappa shape index (κ1) is 19.0. The fraction of sp³-hybridized carbons (Fsp3) is 0.412. The van der Waals surface area contributed by atoms with Gasteiger partial charge in [0.05, 0.1) is 6.20 Å². The number of nitrogens with zero attached hydrogens (tertiary/aromatic N) is 2. The topological polar surface area (TPSA) is 56.2 Å². The van der Waals surface area contributed by atoms with Crippen molar-refractivity contribution < 1.29 is 22.7 Å². The molecule has 2 aromatic rings. The number of alkyl halides is 3. The van der Waals surface area contributed by atoms with E-state index in [4.69, 9.17) is 4.74 Å². The van der Waals surface area contributed by atoms with Crippen molar-refractivity contribution in [1.29, 1.82) is 0 Å². The number of hydrogen-bond donors (Lipinski definition) is 1. The van der Waals surface area contributed by atoms with Crippen LogP contribution < -0.4 is 5.32 Å². The quantitative estimate of drug-likeness (QED) is 0.828. The highest BCUT2D eigenvalue weighted by Gasteiger charge is 2.42. The van der Waals surface area contributed by atoms with Gasteiger partial charge in [-0.3, -0.25) is 9.48 Å². The van der Waals surface area contributed by atoms with E-state index in [0.29, 0.717) is 0 Å². The molecule has 0 spiro atoms. The summed E-state index contributed by atoms with van der Waals surface area (Å²) < 4.78 is 45.9. The van der Waals surface area contributed by atoms with E-state index in [0.717, 1.165) is 5.56 Å². The molecule has 136 valence electrons. The molecule has 2 rings (SSSR count). The summed E-state index contributed by atoms with van der Waals surface area (Å²) in [6.45, 7) is 3.42. The van der Waals surface area contributed by atoms with Crippen LogP contribution in [0.4, 0.5) is 13.2 Å². The second kappa shape index (κ2) is 8.15. The second-order valence-corrected chi connectivity index (χ2v) is 5.84. The first-order valence-corrected chi connectivity index (χ1v) is 7.80. The summed E-state index contributed by atoms with van der Waals surface area (Å²) in [5, 5.41) is 6.65. The van der Waals surface area contributed by atoms with Crippen LogP contribution in [-0.2, 0) is 16.1 Å². The Kier molecular flexibility index (Phi) is 6.19. The summed E-state index contributed by atoms with van der Waals surface area (Å²) in [5.41, 5.74) is 0.721. The first-order chi connectivity index (χ1) is 11.8. The molecule has 1 aromatic heterocycles. The molecule has 1 N–H and O–H groups in total. The van der Waals surface area contributed by atoms with Crippen LogP contribution in [0.5, 0.6) is 0 Å². The van der Waals surface area contributed by atoms with Gasteiger partial charge in [0.15, 0.2) is 6.10 Å². The minimum atomic E-state index is -4.60. The van der Waals surface area contributed by atoms with Crippen LogP contribution in [0.15, 0.2) is 42.7 Å². The SMILES string of the molecule is CC(C)n1cc(CNC(=O)CO[C@H](c2ccccc2)C(F)(F)F)cn1. The van der Waals surface area contributed by atoms with E-state index in [-0.39, 0.29) is 18.2 Å². The Morgan fingerprint density at radius 1 is 1.28 bits per heavy atom. The van der Waals surface area contributed by atoms with Crippen molar-refractivity contribution in [1.82, 2.24) is 15.1 Å². The molecule has 0 bridgehead atoms. The number of amides is 1. The van der Waals surface area contributed by atoms with Gasteiger partial charge in [-0.2, -0.15) is 18.3 Å². The molecule has 0 saturated carbocycles. The van der Waals surface area contributed by atoms with E-state index < -0.39 is 24.8 Å². The Labute approximate surface area is 143 Å². The van der Waals surface area contributed by atoms with E-state index in [2.05, 4.69) is 10.4 Å². The van der Waals surface area contributed by atoms with Crippen LogP contribution in [0.25, 0.3) is 0 Å². The largest absolute Gasteiger partial charge is 0.418 e. The number of carbonyl (C=O) groups excluding carboxylic acids is 1.